The Morgan fingerprint density at radius 1 is 1.21 bits per heavy atom. The minimum Gasteiger partial charge on any atom is -0.368 e. The summed E-state index contributed by atoms with van der Waals surface area (Å²) >= 11 is 1.84. The van der Waals surface area contributed by atoms with Gasteiger partial charge < -0.3 is 4.74 Å². The summed E-state index contributed by atoms with van der Waals surface area (Å²) in [5.41, 5.74) is 0.597. The molecule has 3 heteroatoms. The van der Waals surface area contributed by atoms with E-state index in [0.717, 1.165) is 12.0 Å². The van der Waals surface area contributed by atoms with E-state index >= 15 is 0 Å². The van der Waals surface area contributed by atoms with Crippen molar-refractivity contribution in [3.8, 4) is 0 Å². The second-order valence-electron chi connectivity index (χ2n) is 6.36. The number of ether oxygens (including phenoxy) is 1. The standard InChI is InChI=1S/C16H22O2S/c1-11(17)12-6-8-13(9-7-12)19-14-10-15(2,3)18-16(14,4)5/h6-9,14H,10H2,1-5H3. The van der Waals surface area contributed by atoms with Crippen LogP contribution in [0.4, 0.5) is 0 Å². The summed E-state index contributed by atoms with van der Waals surface area (Å²) in [5.74, 6) is 0.113. The number of carbonyl (C=O) groups is 1. The van der Waals surface area contributed by atoms with Gasteiger partial charge in [-0.05, 0) is 53.2 Å². The fourth-order valence-corrected chi connectivity index (χ4v) is 4.07. The molecule has 1 unspecified atom stereocenters. The molecule has 0 radical (unpaired) electrons. The highest BCUT2D eigenvalue weighted by atomic mass is 32.2. The Kier molecular flexibility index (Phi) is 3.80. The molecule has 1 aliphatic heterocycles. The number of benzene rings is 1. The van der Waals surface area contributed by atoms with E-state index in [1.165, 1.54) is 4.90 Å². The van der Waals surface area contributed by atoms with E-state index in [-0.39, 0.29) is 17.0 Å². The zero-order valence-corrected chi connectivity index (χ0v) is 13.1. The molecule has 1 fully saturated rings. The molecule has 1 heterocycles. The number of Topliss-reactive ketones (excluding diaryl/α,β-unsaturated/α-hetero) is 1. The van der Waals surface area contributed by atoms with Gasteiger partial charge in [0.1, 0.15) is 0 Å². The molecule has 1 atom stereocenters. The van der Waals surface area contributed by atoms with Crippen molar-refractivity contribution in [2.24, 2.45) is 0 Å². The first-order valence-corrected chi connectivity index (χ1v) is 7.55. The topological polar surface area (TPSA) is 26.3 Å². The van der Waals surface area contributed by atoms with Crippen LogP contribution in [0.3, 0.4) is 0 Å². The highest BCUT2D eigenvalue weighted by Crippen LogP contribution is 2.45. The summed E-state index contributed by atoms with van der Waals surface area (Å²) in [6, 6.07) is 7.86. The van der Waals surface area contributed by atoms with Crippen LogP contribution in [0.2, 0.25) is 0 Å². The van der Waals surface area contributed by atoms with Crippen LogP contribution in [0.25, 0.3) is 0 Å². The maximum Gasteiger partial charge on any atom is 0.159 e. The van der Waals surface area contributed by atoms with Gasteiger partial charge in [0, 0.05) is 15.7 Å². The van der Waals surface area contributed by atoms with E-state index in [4.69, 9.17) is 4.74 Å². The van der Waals surface area contributed by atoms with Gasteiger partial charge in [-0.3, -0.25) is 4.79 Å². The third kappa shape index (κ3) is 3.40. The molecule has 0 N–H and O–H groups in total. The number of ketones is 1. The largest absolute Gasteiger partial charge is 0.368 e. The maximum absolute atomic E-state index is 11.3. The van der Waals surface area contributed by atoms with Crippen LogP contribution in [0, 0.1) is 0 Å². The summed E-state index contributed by atoms with van der Waals surface area (Å²) < 4.78 is 6.11. The molecule has 0 spiro atoms. The maximum atomic E-state index is 11.3. The summed E-state index contributed by atoms with van der Waals surface area (Å²) in [6.07, 6.45) is 1.04. The minimum absolute atomic E-state index is 0.0551. The Balaban J connectivity index is 2.11. The third-order valence-electron chi connectivity index (χ3n) is 3.53. The summed E-state index contributed by atoms with van der Waals surface area (Å²) in [5, 5.41) is 0.436. The highest BCUT2D eigenvalue weighted by Gasteiger charge is 2.46. The van der Waals surface area contributed by atoms with Crippen molar-refractivity contribution in [2.45, 2.75) is 62.4 Å². The SMILES string of the molecule is CC(=O)c1ccc(SC2CC(C)(C)OC2(C)C)cc1. The van der Waals surface area contributed by atoms with E-state index in [9.17, 15) is 4.79 Å². The van der Waals surface area contributed by atoms with Crippen LogP contribution in [-0.4, -0.2) is 22.2 Å². The zero-order valence-electron chi connectivity index (χ0n) is 12.3. The molecule has 0 aromatic heterocycles. The Bertz CT molecular complexity index is 474. The Labute approximate surface area is 119 Å². The molecule has 0 amide bonds. The van der Waals surface area contributed by atoms with Crippen LogP contribution < -0.4 is 0 Å². The lowest BCUT2D eigenvalue weighted by Crippen LogP contribution is -2.30. The van der Waals surface area contributed by atoms with Gasteiger partial charge in [-0.2, -0.15) is 0 Å². The first-order valence-electron chi connectivity index (χ1n) is 6.67. The molecule has 2 nitrogen and oxygen atoms in total. The highest BCUT2D eigenvalue weighted by molar-refractivity contribution is 8.00. The first-order chi connectivity index (χ1) is 8.70. The number of carbonyl (C=O) groups excluding carboxylic acids is 1. The van der Waals surface area contributed by atoms with Gasteiger partial charge in [0.15, 0.2) is 5.78 Å². The fourth-order valence-electron chi connectivity index (χ4n) is 2.63. The van der Waals surface area contributed by atoms with Crippen LogP contribution in [0.15, 0.2) is 29.2 Å². The molecule has 0 aliphatic carbocycles. The molecule has 1 aliphatic rings. The van der Waals surface area contributed by atoms with Gasteiger partial charge in [0.05, 0.1) is 11.2 Å². The van der Waals surface area contributed by atoms with Crippen molar-refractivity contribution in [1.82, 2.24) is 0 Å². The van der Waals surface area contributed by atoms with E-state index < -0.39 is 0 Å². The summed E-state index contributed by atoms with van der Waals surface area (Å²) in [7, 11) is 0. The molecule has 0 saturated carbocycles. The monoisotopic (exact) mass is 278 g/mol. The van der Waals surface area contributed by atoms with Crippen LogP contribution >= 0.6 is 11.8 Å². The lowest BCUT2D eigenvalue weighted by Gasteiger charge is -2.27. The molecule has 19 heavy (non-hydrogen) atoms. The molecule has 104 valence electrons. The van der Waals surface area contributed by atoms with Gasteiger partial charge in [0.2, 0.25) is 0 Å². The Hall–Kier alpha value is -0.800. The smallest absolute Gasteiger partial charge is 0.159 e. The van der Waals surface area contributed by atoms with E-state index in [0.29, 0.717) is 5.25 Å². The molecule has 1 saturated heterocycles. The average Bonchev–Trinajstić information content (AvgIpc) is 2.47. The predicted octanol–water partition coefficient (Wildman–Crippen LogP) is 4.33. The van der Waals surface area contributed by atoms with Crippen LogP contribution in [0.5, 0.6) is 0 Å². The number of rotatable bonds is 3. The van der Waals surface area contributed by atoms with Gasteiger partial charge in [-0.25, -0.2) is 0 Å². The van der Waals surface area contributed by atoms with Crippen molar-refractivity contribution in [2.75, 3.05) is 0 Å². The fraction of sp³-hybridized carbons (Fsp3) is 0.562. The number of hydrogen-bond acceptors (Lipinski definition) is 3. The van der Waals surface area contributed by atoms with Crippen LogP contribution in [0.1, 0.15) is 51.4 Å². The Morgan fingerprint density at radius 2 is 1.79 bits per heavy atom. The Morgan fingerprint density at radius 3 is 2.21 bits per heavy atom. The lowest BCUT2D eigenvalue weighted by molar-refractivity contribution is -0.0631. The molecule has 2 rings (SSSR count). The quantitative estimate of drug-likeness (QED) is 0.770. The van der Waals surface area contributed by atoms with Crippen molar-refractivity contribution in [1.29, 1.82) is 0 Å². The molecular formula is C16H22O2S. The first kappa shape index (κ1) is 14.6. The second kappa shape index (κ2) is 4.95. The van der Waals surface area contributed by atoms with Gasteiger partial charge in [-0.15, -0.1) is 11.8 Å². The molecule has 0 bridgehead atoms. The zero-order chi connectivity index (χ0) is 14.3. The van der Waals surface area contributed by atoms with Gasteiger partial charge >= 0.3 is 0 Å². The summed E-state index contributed by atoms with van der Waals surface area (Å²) in [4.78, 5) is 12.5. The lowest BCUT2D eigenvalue weighted by atomic mass is 10.0. The minimum atomic E-state index is -0.118. The molecule has 1 aromatic carbocycles. The third-order valence-corrected chi connectivity index (χ3v) is 5.09. The van der Waals surface area contributed by atoms with Crippen molar-refractivity contribution in [3.63, 3.8) is 0 Å². The second-order valence-corrected chi connectivity index (χ2v) is 7.63. The summed E-state index contributed by atoms with van der Waals surface area (Å²) in [6.45, 7) is 10.2. The van der Waals surface area contributed by atoms with E-state index in [1.807, 2.05) is 36.0 Å². The predicted molar refractivity (Wildman–Crippen MR) is 80.0 cm³/mol. The van der Waals surface area contributed by atoms with E-state index in [1.54, 1.807) is 6.92 Å². The van der Waals surface area contributed by atoms with Gasteiger partial charge in [-0.1, -0.05) is 12.1 Å². The number of thioether (sulfide) groups is 1. The normalized spacial score (nSPS) is 24.4. The van der Waals surface area contributed by atoms with E-state index in [2.05, 4.69) is 27.7 Å². The van der Waals surface area contributed by atoms with Gasteiger partial charge in [0.25, 0.3) is 0 Å². The average molecular weight is 278 g/mol. The molecule has 1 aromatic rings. The van der Waals surface area contributed by atoms with Crippen molar-refractivity contribution in [3.05, 3.63) is 29.8 Å². The number of hydrogen-bond donors (Lipinski definition) is 0. The van der Waals surface area contributed by atoms with Crippen molar-refractivity contribution >= 4 is 17.5 Å². The van der Waals surface area contributed by atoms with Crippen LogP contribution in [-0.2, 0) is 4.74 Å². The van der Waals surface area contributed by atoms with Crippen molar-refractivity contribution < 1.29 is 9.53 Å². The molecular weight excluding hydrogens is 256 g/mol.